The molecular formula is C15H26N2. The lowest BCUT2D eigenvalue weighted by molar-refractivity contribution is 0.349. The number of nitrogens with zero attached hydrogens (tertiary/aromatic N) is 1. The average Bonchev–Trinajstić information content (AvgIpc) is 2.33. The molecule has 0 spiro atoms. The zero-order chi connectivity index (χ0) is 12.7. The van der Waals surface area contributed by atoms with Gasteiger partial charge in [-0.15, -0.1) is 0 Å². The molecule has 17 heavy (non-hydrogen) atoms. The summed E-state index contributed by atoms with van der Waals surface area (Å²) in [5.41, 5.74) is 4.21. The Labute approximate surface area is 106 Å². The zero-order valence-corrected chi connectivity index (χ0v) is 11.7. The first-order valence-electron chi connectivity index (χ1n) is 6.59. The summed E-state index contributed by atoms with van der Waals surface area (Å²) in [6, 6.07) is 6.76. The summed E-state index contributed by atoms with van der Waals surface area (Å²) in [6.07, 6.45) is 1.12. The fourth-order valence-corrected chi connectivity index (χ4v) is 1.74. The Hall–Kier alpha value is -0.860. The van der Waals surface area contributed by atoms with E-state index < -0.39 is 0 Å². The molecule has 0 unspecified atom stereocenters. The fraction of sp³-hybridized carbons (Fsp3) is 0.600. The Bertz CT molecular complexity index is 334. The molecule has 2 heteroatoms. The highest BCUT2D eigenvalue weighted by Crippen LogP contribution is 2.09. The Morgan fingerprint density at radius 2 is 1.88 bits per heavy atom. The number of hydrogen-bond donors (Lipinski definition) is 1. The fourth-order valence-electron chi connectivity index (χ4n) is 1.74. The van der Waals surface area contributed by atoms with Gasteiger partial charge in [0.05, 0.1) is 0 Å². The molecule has 0 saturated heterocycles. The lowest BCUT2D eigenvalue weighted by Gasteiger charge is -2.14. The smallest absolute Gasteiger partial charge is 0.0104 e. The largest absolute Gasteiger partial charge is 0.315 e. The van der Waals surface area contributed by atoms with Gasteiger partial charge in [0.25, 0.3) is 0 Å². The van der Waals surface area contributed by atoms with E-state index in [2.05, 4.69) is 56.2 Å². The molecule has 0 aliphatic rings. The van der Waals surface area contributed by atoms with Crippen molar-refractivity contribution in [2.75, 3.05) is 33.2 Å². The minimum absolute atomic E-state index is 1.07. The van der Waals surface area contributed by atoms with Crippen molar-refractivity contribution < 1.29 is 0 Å². The van der Waals surface area contributed by atoms with Gasteiger partial charge in [-0.05, 0) is 57.1 Å². The van der Waals surface area contributed by atoms with Gasteiger partial charge in [0, 0.05) is 13.1 Å². The third-order valence-corrected chi connectivity index (χ3v) is 3.37. The van der Waals surface area contributed by atoms with Gasteiger partial charge in [0.1, 0.15) is 0 Å². The van der Waals surface area contributed by atoms with Crippen LogP contribution in [0, 0.1) is 13.8 Å². The molecule has 1 aromatic rings. The summed E-state index contributed by atoms with van der Waals surface area (Å²) in [5.74, 6) is 0. The van der Waals surface area contributed by atoms with Gasteiger partial charge < -0.3 is 10.2 Å². The lowest BCUT2D eigenvalue weighted by atomic mass is 10.0. The van der Waals surface area contributed by atoms with Crippen LogP contribution in [0.4, 0.5) is 0 Å². The number of rotatable bonds is 7. The molecule has 1 rings (SSSR count). The van der Waals surface area contributed by atoms with E-state index in [0.717, 1.165) is 32.6 Å². The van der Waals surface area contributed by atoms with Crippen molar-refractivity contribution in [1.82, 2.24) is 10.2 Å². The summed E-state index contributed by atoms with van der Waals surface area (Å²) < 4.78 is 0. The average molecular weight is 234 g/mol. The third kappa shape index (κ3) is 5.33. The lowest BCUT2D eigenvalue weighted by Crippen LogP contribution is -2.30. The van der Waals surface area contributed by atoms with Gasteiger partial charge in [0.15, 0.2) is 0 Å². The standard InChI is InChI=1S/C15H26N2/c1-5-17(4)11-10-16-9-8-15-7-6-13(2)14(3)12-15/h6-7,12,16H,5,8-11H2,1-4H3. The summed E-state index contributed by atoms with van der Waals surface area (Å²) in [7, 11) is 2.16. The molecule has 0 aliphatic carbocycles. The summed E-state index contributed by atoms with van der Waals surface area (Å²) in [4.78, 5) is 2.32. The Morgan fingerprint density at radius 1 is 1.12 bits per heavy atom. The van der Waals surface area contributed by atoms with E-state index in [4.69, 9.17) is 0 Å². The Balaban J connectivity index is 2.20. The van der Waals surface area contributed by atoms with Crippen LogP contribution < -0.4 is 5.32 Å². The van der Waals surface area contributed by atoms with Crippen molar-refractivity contribution in [3.8, 4) is 0 Å². The van der Waals surface area contributed by atoms with E-state index in [1.807, 2.05) is 0 Å². The normalized spacial score (nSPS) is 11.1. The van der Waals surface area contributed by atoms with Crippen LogP contribution in [0.25, 0.3) is 0 Å². The minimum Gasteiger partial charge on any atom is -0.315 e. The zero-order valence-electron chi connectivity index (χ0n) is 11.7. The second-order valence-electron chi connectivity index (χ2n) is 4.81. The molecule has 1 aromatic carbocycles. The van der Waals surface area contributed by atoms with Crippen LogP contribution in [-0.2, 0) is 6.42 Å². The van der Waals surface area contributed by atoms with Crippen LogP contribution in [0.15, 0.2) is 18.2 Å². The Morgan fingerprint density at radius 3 is 2.53 bits per heavy atom. The topological polar surface area (TPSA) is 15.3 Å². The summed E-state index contributed by atoms with van der Waals surface area (Å²) in [5, 5.41) is 3.49. The maximum Gasteiger partial charge on any atom is 0.0104 e. The maximum atomic E-state index is 3.49. The highest BCUT2D eigenvalue weighted by molar-refractivity contribution is 5.29. The molecule has 0 aromatic heterocycles. The van der Waals surface area contributed by atoms with Gasteiger partial charge in [-0.1, -0.05) is 25.1 Å². The first-order chi connectivity index (χ1) is 8.13. The maximum absolute atomic E-state index is 3.49. The van der Waals surface area contributed by atoms with Gasteiger partial charge >= 0.3 is 0 Å². The molecule has 0 aliphatic heterocycles. The number of hydrogen-bond acceptors (Lipinski definition) is 2. The minimum atomic E-state index is 1.07. The molecule has 1 N–H and O–H groups in total. The molecule has 0 fully saturated rings. The number of likely N-dealkylation sites (N-methyl/N-ethyl adjacent to an activating group) is 1. The first kappa shape index (κ1) is 14.2. The van der Waals surface area contributed by atoms with Crippen LogP contribution in [0.5, 0.6) is 0 Å². The van der Waals surface area contributed by atoms with E-state index >= 15 is 0 Å². The molecule has 0 radical (unpaired) electrons. The van der Waals surface area contributed by atoms with Crippen LogP contribution in [0.2, 0.25) is 0 Å². The van der Waals surface area contributed by atoms with Crippen LogP contribution in [0.3, 0.4) is 0 Å². The summed E-state index contributed by atoms with van der Waals surface area (Å²) >= 11 is 0. The highest BCUT2D eigenvalue weighted by Gasteiger charge is 1.97. The molecule has 0 saturated carbocycles. The number of aryl methyl sites for hydroxylation is 2. The third-order valence-electron chi connectivity index (χ3n) is 3.37. The van der Waals surface area contributed by atoms with E-state index in [1.165, 1.54) is 16.7 Å². The van der Waals surface area contributed by atoms with E-state index in [9.17, 15) is 0 Å². The van der Waals surface area contributed by atoms with Gasteiger partial charge in [-0.3, -0.25) is 0 Å². The van der Waals surface area contributed by atoms with E-state index in [0.29, 0.717) is 0 Å². The monoisotopic (exact) mass is 234 g/mol. The molecule has 2 nitrogen and oxygen atoms in total. The second-order valence-corrected chi connectivity index (χ2v) is 4.81. The number of benzene rings is 1. The van der Waals surface area contributed by atoms with Crippen LogP contribution in [0.1, 0.15) is 23.6 Å². The quantitative estimate of drug-likeness (QED) is 0.729. The van der Waals surface area contributed by atoms with Crippen molar-refractivity contribution in [3.63, 3.8) is 0 Å². The molecule has 0 atom stereocenters. The van der Waals surface area contributed by atoms with Gasteiger partial charge in [0.2, 0.25) is 0 Å². The SMILES string of the molecule is CCN(C)CCNCCc1ccc(C)c(C)c1. The molecule has 0 bridgehead atoms. The molecule has 0 heterocycles. The van der Waals surface area contributed by atoms with Crippen LogP contribution in [-0.4, -0.2) is 38.1 Å². The van der Waals surface area contributed by atoms with Crippen molar-refractivity contribution in [2.45, 2.75) is 27.2 Å². The van der Waals surface area contributed by atoms with Crippen molar-refractivity contribution in [2.24, 2.45) is 0 Å². The summed E-state index contributed by atoms with van der Waals surface area (Å²) in [6.45, 7) is 10.9. The van der Waals surface area contributed by atoms with E-state index in [-0.39, 0.29) is 0 Å². The molecular weight excluding hydrogens is 208 g/mol. The van der Waals surface area contributed by atoms with Crippen molar-refractivity contribution in [1.29, 1.82) is 0 Å². The highest BCUT2D eigenvalue weighted by atomic mass is 15.1. The predicted octanol–water partition coefficient (Wildman–Crippen LogP) is 2.39. The van der Waals surface area contributed by atoms with E-state index in [1.54, 1.807) is 0 Å². The molecule has 0 amide bonds. The van der Waals surface area contributed by atoms with Crippen molar-refractivity contribution in [3.05, 3.63) is 34.9 Å². The second kappa shape index (κ2) is 7.46. The predicted molar refractivity (Wildman–Crippen MR) is 75.7 cm³/mol. The number of nitrogens with one attached hydrogen (secondary N) is 1. The van der Waals surface area contributed by atoms with Crippen LogP contribution >= 0.6 is 0 Å². The molecule has 96 valence electrons. The van der Waals surface area contributed by atoms with Crippen molar-refractivity contribution >= 4 is 0 Å². The van der Waals surface area contributed by atoms with Gasteiger partial charge in [-0.25, -0.2) is 0 Å². The van der Waals surface area contributed by atoms with Gasteiger partial charge in [-0.2, -0.15) is 0 Å². The first-order valence-corrected chi connectivity index (χ1v) is 6.59. The Kier molecular flexibility index (Phi) is 6.23.